The van der Waals surface area contributed by atoms with Gasteiger partial charge in [-0.15, -0.1) is 0 Å². The van der Waals surface area contributed by atoms with Crippen molar-refractivity contribution in [3.05, 3.63) is 39.4 Å². The number of aryl methyl sites for hydroxylation is 2. The summed E-state index contributed by atoms with van der Waals surface area (Å²) >= 11 is 0. The lowest BCUT2D eigenvalue weighted by atomic mass is 10.0. The molecule has 0 aliphatic heterocycles. The van der Waals surface area contributed by atoms with E-state index in [1.807, 2.05) is 12.1 Å². The molecule has 0 spiro atoms. The van der Waals surface area contributed by atoms with Gasteiger partial charge in [-0.2, -0.15) is 0 Å². The van der Waals surface area contributed by atoms with Crippen molar-refractivity contribution in [1.29, 1.82) is 0 Å². The zero-order valence-electron chi connectivity index (χ0n) is 8.62. The van der Waals surface area contributed by atoms with Crippen LogP contribution in [0.4, 0.5) is 5.69 Å². The van der Waals surface area contributed by atoms with Crippen molar-refractivity contribution in [2.24, 2.45) is 0 Å². The third-order valence-corrected chi connectivity index (χ3v) is 2.30. The monoisotopic (exact) mass is 193 g/mol. The second-order valence-electron chi connectivity index (χ2n) is 3.44. The molecule has 0 N–H and O–H groups in total. The minimum absolute atomic E-state index is 0.277. The first-order valence-electron chi connectivity index (χ1n) is 4.89. The van der Waals surface area contributed by atoms with E-state index in [0.717, 1.165) is 30.4 Å². The Bertz CT molecular complexity index is 334. The molecule has 0 unspecified atom stereocenters. The third-order valence-electron chi connectivity index (χ3n) is 2.30. The predicted molar refractivity (Wildman–Crippen MR) is 56.4 cm³/mol. The molecule has 0 aliphatic rings. The molecule has 1 aromatic carbocycles. The van der Waals surface area contributed by atoms with E-state index in [-0.39, 0.29) is 4.92 Å². The molecule has 3 nitrogen and oxygen atoms in total. The molecule has 0 aliphatic carbocycles. The smallest absolute Gasteiger partial charge is 0.258 e. The van der Waals surface area contributed by atoms with Crippen LogP contribution in [0, 0.1) is 17.0 Å². The van der Waals surface area contributed by atoms with Gasteiger partial charge in [0, 0.05) is 11.1 Å². The van der Waals surface area contributed by atoms with Crippen LogP contribution in [0.25, 0.3) is 0 Å². The third kappa shape index (κ3) is 2.31. The summed E-state index contributed by atoms with van der Waals surface area (Å²) in [4.78, 5) is 10.5. The summed E-state index contributed by atoms with van der Waals surface area (Å²) < 4.78 is 0. The molecule has 0 aromatic heterocycles. The summed E-state index contributed by atoms with van der Waals surface area (Å²) in [6.07, 6.45) is 2.86. The van der Waals surface area contributed by atoms with Gasteiger partial charge in [0.25, 0.3) is 5.69 Å². The number of nitrogens with zero attached hydrogens (tertiary/aromatic N) is 1. The predicted octanol–water partition coefficient (Wildman–Crippen LogP) is 3.25. The summed E-state index contributed by atoms with van der Waals surface area (Å²) in [5.41, 5.74) is 1.90. The standard InChI is InChI=1S/C11H15NO2/c1-3-4-7-10-8-5-6-9(2)11(10)12(13)14/h5-6,8H,3-4,7H2,1-2H3. The van der Waals surface area contributed by atoms with Gasteiger partial charge >= 0.3 is 0 Å². The van der Waals surface area contributed by atoms with E-state index < -0.39 is 0 Å². The molecule has 0 atom stereocenters. The number of benzene rings is 1. The second kappa shape index (κ2) is 4.74. The number of nitro groups is 1. The fourth-order valence-electron chi connectivity index (χ4n) is 1.55. The molecule has 0 heterocycles. The number of unbranched alkanes of at least 4 members (excludes halogenated alkanes) is 1. The van der Waals surface area contributed by atoms with Crippen molar-refractivity contribution in [3.63, 3.8) is 0 Å². The molecule has 0 saturated heterocycles. The van der Waals surface area contributed by atoms with Gasteiger partial charge in [-0.1, -0.05) is 31.5 Å². The maximum Gasteiger partial charge on any atom is 0.275 e. The molecule has 0 amide bonds. The Morgan fingerprint density at radius 2 is 2.14 bits per heavy atom. The van der Waals surface area contributed by atoms with Crippen LogP contribution in [-0.4, -0.2) is 4.92 Å². The second-order valence-corrected chi connectivity index (χ2v) is 3.44. The Morgan fingerprint density at radius 3 is 2.71 bits per heavy atom. The molecule has 0 fully saturated rings. The molecular formula is C11H15NO2. The van der Waals surface area contributed by atoms with Crippen LogP contribution in [-0.2, 0) is 6.42 Å². The minimum atomic E-state index is -0.277. The van der Waals surface area contributed by atoms with Crippen molar-refractivity contribution in [3.8, 4) is 0 Å². The molecule has 1 rings (SSSR count). The summed E-state index contributed by atoms with van der Waals surface area (Å²) in [5.74, 6) is 0. The first kappa shape index (κ1) is 10.7. The van der Waals surface area contributed by atoms with E-state index >= 15 is 0 Å². The number of para-hydroxylation sites is 1. The summed E-state index contributed by atoms with van der Waals surface area (Å²) in [6, 6.07) is 5.52. The van der Waals surface area contributed by atoms with Crippen molar-refractivity contribution in [2.75, 3.05) is 0 Å². The largest absolute Gasteiger partial charge is 0.275 e. The molecule has 1 aromatic rings. The van der Waals surface area contributed by atoms with E-state index in [1.165, 1.54) is 0 Å². The van der Waals surface area contributed by atoms with Crippen LogP contribution >= 0.6 is 0 Å². The van der Waals surface area contributed by atoms with Gasteiger partial charge < -0.3 is 0 Å². The van der Waals surface area contributed by atoms with Gasteiger partial charge in [0.2, 0.25) is 0 Å². The maximum atomic E-state index is 10.8. The topological polar surface area (TPSA) is 43.1 Å². The molecular weight excluding hydrogens is 178 g/mol. The average molecular weight is 193 g/mol. The molecule has 0 bridgehead atoms. The van der Waals surface area contributed by atoms with E-state index in [9.17, 15) is 10.1 Å². The quantitative estimate of drug-likeness (QED) is 0.544. The Labute approximate surface area is 83.9 Å². The maximum absolute atomic E-state index is 10.8. The average Bonchev–Trinajstić information content (AvgIpc) is 2.14. The summed E-state index contributed by atoms with van der Waals surface area (Å²) in [7, 11) is 0. The minimum Gasteiger partial charge on any atom is -0.258 e. The highest BCUT2D eigenvalue weighted by molar-refractivity contribution is 5.47. The summed E-state index contributed by atoms with van der Waals surface area (Å²) in [5, 5.41) is 10.8. The number of hydrogen-bond acceptors (Lipinski definition) is 2. The molecule has 14 heavy (non-hydrogen) atoms. The Morgan fingerprint density at radius 1 is 1.43 bits per heavy atom. The van der Waals surface area contributed by atoms with Crippen molar-refractivity contribution >= 4 is 5.69 Å². The highest BCUT2D eigenvalue weighted by atomic mass is 16.6. The molecule has 76 valence electrons. The van der Waals surface area contributed by atoms with Crippen molar-refractivity contribution < 1.29 is 4.92 Å². The van der Waals surface area contributed by atoms with Crippen molar-refractivity contribution in [2.45, 2.75) is 33.1 Å². The van der Waals surface area contributed by atoms with E-state index in [4.69, 9.17) is 0 Å². The fourth-order valence-corrected chi connectivity index (χ4v) is 1.55. The highest BCUT2D eigenvalue weighted by Gasteiger charge is 2.15. The SMILES string of the molecule is CCCCc1cccc(C)c1[N+](=O)[O-]. The first-order chi connectivity index (χ1) is 6.66. The fraction of sp³-hybridized carbons (Fsp3) is 0.455. The highest BCUT2D eigenvalue weighted by Crippen LogP contribution is 2.24. The number of rotatable bonds is 4. The number of nitro benzene ring substituents is 1. The summed E-state index contributed by atoms with van der Waals surface area (Å²) in [6.45, 7) is 3.87. The van der Waals surface area contributed by atoms with Crippen LogP contribution in [0.2, 0.25) is 0 Å². The molecule has 0 radical (unpaired) electrons. The van der Waals surface area contributed by atoms with Crippen LogP contribution in [0.5, 0.6) is 0 Å². The van der Waals surface area contributed by atoms with E-state index in [1.54, 1.807) is 13.0 Å². The van der Waals surface area contributed by atoms with Gasteiger partial charge in [-0.25, -0.2) is 0 Å². The zero-order valence-corrected chi connectivity index (χ0v) is 8.62. The zero-order chi connectivity index (χ0) is 10.6. The van der Waals surface area contributed by atoms with Crippen LogP contribution < -0.4 is 0 Å². The lowest BCUT2D eigenvalue weighted by Crippen LogP contribution is -1.98. The van der Waals surface area contributed by atoms with Crippen molar-refractivity contribution in [1.82, 2.24) is 0 Å². The van der Waals surface area contributed by atoms with E-state index in [2.05, 4.69) is 6.92 Å². The van der Waals surface area contributed by atoms with Gasteiger partial charge in [0.15, 0.2) is 0 Å². The first-order valence-corrected chi connectivity index (χ1v) is 4.89. The Hall–Kier alpha value is -1.38. The van der Waals surface area contributed by atoms with Gasteiger partial charge in [-0.05, 0) is 19.8 Å². The lowest BCUT2D eigenvalue weighted by Gasteiger charge is -2.03. The van der Waals surface area contributed by atoms with Gasteiger partial charge in [0.1, 0.15) is 0 Å². The molecule has 0 saturated carbocycles. The van der Waals surface area contributed by atoms with Gasteiger partial charge in [0.05, 0.1) is 4.92 Å². The lowest BCUT2D eigenvalue weighted by molar-refractivity contribution is -0.386. The Kier molecular flexibility index (Phi) is 3.63. The van der Waals surface area contributed by atoms with E-state index in [0.29, 0.717) is 5.69 Å². The van der Waals surface area contributed by atoms with Gasteiger partial charge in [-0.3, -0.25) is 10.1 Å². The van der Waals surface area contributed by atoms with Crippen LogP contribution in [0.3, 0.4) is 0 Å². The normalized spacial score (nSPS) is 10.1. The van der Waals surface area contributed by atoms with Crippen LogP contribution in [0.1, 0.15) is 30.9 Å². The number of hydrogen-bond donors (Lipinski definition) is 0. The van der Waals surface area contributed by atoms with Crippen LogP contribution in [0.15, 0.2) is 18.2 Å². The Balaban J connectivity index is 3.02. The molecule has 3 heteroatoms.